The van der Waals surface area contributed by atoms with Crippen molar-refractivity contribution in [3.8, 4) is 0 Å². The first-order valence-corrected chi connectivity index (χ1v) is 6.59. The molecule has 3 nitrogen and oxygen atoms in total. The van der Waals surface area contributed by atoms with E-state index in [1.807, 2.05) is 6.92 Å². The zero-order valence-corrected chi connectivity index (χ0v) is 11.7. The first kappa shape index (κ1) is 16.8. The number of amides is 1. The van der Waals surface area contributed by atoms with Gasteiger partial charge in [-0.1, -0.05) is 24.9 Å². The van der Waals surface area contributed by atoms with Crippen LogP contribution >= 0.6 is 11.6 Å². The molecular formula is C13H16ClF3N2O. The van der Waals surface area contributed by atoms with Crippen molar-refractivity contribution in [3.05, 3.63) is 28.8 Å². The first-order chi connectivity index (χ1) is 9.34. The summed E-state index contributed by atoms with van der Waals surface area (Å²) in [5.41, 5.74) is -0.889. The second kappa shape index (κ2) is 7.50. The van der Waals surface area contributed by atoms with Gasteiger partial charge < -0.3 is 10.6 Å². The lowest BCUT2D eigenvalue weighted by atomic mass is 10.2. The highest BCUT2D eigenvalue weighted by molar-refractivity contribution is 6.33. The fourth-order valence-electron chi connectivity index (χ4n) is 1.50. The quantitative estimate of drug-likeness (QED) is 0.787. The van der Waals surface area contributed by atoms with E-state index >= 15 is 0 Å². The van der Waals surface area contributed by atoms with Crippen molar-refractivity contribution in [1.29, 1.82) is 0 Å². The Hall–Kier alpha value is -1.27. The summed E-state index contributed by atoms with van der Waals surface area (Å²) in [6, 6.07) is 2.81. The monoisotopic (exact) mass is 308 g/mol. The zero-order chi connectivity index (χ0) is 15.2. The van der Waals surface area contributed by atoms with Gasteiger partial charge >= 0.3 is 6.18 Å². The molecule has 112 valence electrons. The second-order valence-corrected chi connectivity index (χ2v) is 4.68. The minimum absolute atomic E-state index is 0.0343. The fraction of sp³-hybridized carbons (Fsp3) is 0.462. The third kappa shape index (κ3) is 5.38. The predicted octanol–water partition coefficient (Wildman–Crippen LogP) is 3.69. The molecule has 0 fully saturated rings. The van der Waals surface area contributed by atoms with Crippen LogP contribution in [0.3, 0.4) is 0 Å². The topological polar surface area (TPSA) is 41.1 Å². The highest BCUT2D eigenvalue weighted by Gasteiger charge is 2.31. The zero-order valence-electron chi connectivity index (χ0n) is 11.0. The Labute approximate surface area is 120 Å². The lowest BCUT2D eigenvalue weighted by Gasteiger charge is -2.12. The summed E-state index contributed by atoms with van der Waals surface area (Å²) in [7, 11) is 0. The third-order valence-electron chi connectivity index (χ3n) is 2.56. The van der Waals surface area contributed by atoms with Crippen molar-refractivity contribution < 1.29 is 18.0 Å². The number of carbonyl (C=O) groups excluding carboxylic acids is 1. The second-order valence-electron chi connectivity index (χ2n) is 4.27. The molecule has 1 aromatic carbocycles. The van der Waals surface area contributed by atoms with Crippen LogP contribution in [0.5, 0.6) is 0 Å². The Kier molecular flexibility index (Phi) is 6.29. The van der Waals surface area contributed by atoms with Crippen LogP contribution in [0.4, 0.5) is 18.9 Å². The van der Waals surface area contributed by atoms with Crippen LogP contribution < -0.4 is 10.6 Å². The van der Waals surface area contributed by atoms with Gasteiger partial charge in [-0.3, -0.25) is 4.79 Å². The van der Waals surface area contributed by atoms with E-state index < -0.39 is 17.6 Å². The van der Waals surface area contributed by atoms with Crippen LogP contribution in [0.15, 0.2) is 18.2 Å². The van der Waals surface area contributed by atoms with Crippen LogP contribution in [-0.4, -0.2) is 19.0 Å². The van der Waals surface area contributed by atoms with E-state index in [-0.39, 0.29) is 17.3 Å². The van der Waals surface area contributed by atoms with E-state index in [4.69, 9.17) is 11.6 Å². The number of hydrogen-bond donors (Lipinski definition) is 2. The fourth-order valence-corrected chi connectivity index (χ4v) is 1.66. The number of rotatable bonds is 6. The number of unbranched alkanes of at least 4 members (excludes halogenated alkanes) is 1. The molecule has 1 rings (SSSR count). The minimum atomic E-state index is -4.47. The summed E-state index contributed by atoms with van der Waals surface area (Å²) in [6.45, 7) is 2.73. The average Bonchev–Trinajstić information content (AvgIpc) is 2.36. The minimum Gasteiger partial charge on any atom is -0.324 e. The molecule has 7 heteroatoms. The Balaban J connectivity index is 2.65. The third-order valence-corrected chi connectivity index (χ3v) is 2.89. The van der Waals surface area contributed by atoms with Gasteiger partial charge in [-0.05, 0) is 31.2 Å². The molecule has 2 N–H and O–H groups in total. The highest BCUT2D eigenvalue weighted by atomic mass is 35.5. The number of alkyl halides is 3. The summed E-state index contributed by atoms with van der Waals surface area (Å²) >= 11 is 5.77. The van der Waals surface area contributed by atoms with E-state index in [1.54, 1.807) is 0 Å². The van der Waals surface area contributed by atoms with Gasteiger partial charge in [-0.25, -0.2) is 0 Å². The van der Waals surface area contributed by atoms with Crippen LogP contribution in [-0.2, 0) is 11.0 Å². The Morgan fingerprint density at radius 3 is 2.65 bits per heavy atom. The lowest BCUT2D eigenvalue weighted by Crippen LogP contribution is -2.28. The van der Waals surface area contributed by atoms with Gasteiger partial charge in [0.25, 0.3) is 0 Å². The normalized spacial score (nSPS) is 11.4. The largest absolute Gasteiger partial charge is 0.416 e. The van der Waals surface area contributed by atoms with Gasteiger partial charge in [-0.15, -0.1) is 0 Å². The summed E-state index contributed by atoms with van der Waals surface area (Å²) in [4.78, 5) is 11.6. The molecule has 0 aliphatic heterocycles. The van der Waals surface area contributed by atoms with Crippen LogP contribution in [0.25, 0.3) is 0 Å². The Morgan fingerprint density at radius 2 is 2.05 bits per heavy atom. The predicted molar refractivity (Wildman–Crippen MR) is 72.9 cm³/mol. The molecule has 0 unspecified atom stereocenters. The molecule has 0 spiro atoms. The van der Waals surface area contributed by atoms with Crippen molar-refractivity contribution in [2.24, 2.45) is 0 Å². The van der Waals surface area contributed by atoms with Crippen molar-refractivity contribution in [2.75, 3.05) is 18.4 Å². The summed E-state index contributed by atoms with van der Waals surface area (Å²) in [5.74, 6) is -0.428. The Morgan fingerprint density at radius 1 is 1.35 bits per heavy atom. The van der Waals surface area contributed by atoms with Gasteiger partial charge in [0.1, 0.15) is 0 Å². The maximum Gasteiger partial charge on any atom is 0.416 e. The smallest absolute Gasteiger partial charge is 0.324 e. The van der Waals surface area contributed by atoms with Crippen LogP contribution in [0, 0.1) is 0 Å². The Bertz CT molecular complexity index is 463. The molecule has 0 atom stereocenters. The molecule has 0 bridgehead atoms. The van der Waals surface area contributed by atoms with Crippen molar-refractivity contribution in [2.45, 2.75) is 25.9 Å². The number of nitrogens with one attached hydrogen (secondary N) is 2. The van der Waals surface area contributed by atoms with Crippen LogP contribution in [0.1, 0.15) is 25.3 Å². The maximum absolute atomic E-state index is 12.6. The van der Waals surface area contributed by atoms with E-state index in [0.717, 1.165) is 31.0 Å². The van der Waals surface area contributed by atoms with Gasteiger partial charge in [0.2, 0.25) is 5.91 Å². The SMILES string of the molecule is CCCCNCC(=O)Nc1cc(C(F)(F)F)ccc1Cl. The molecule has 0 radical (unpaired) electrons. The number of hydrogen-bond acceptors (Lipinski definition) is 2. The number of anilines is 1. The van der Waals surface area contributed by atoms with Gasteiger partial charge in [0.15, 0.2) is 0 Å². The van der Waals surface area contributed by atoms with E-state index in [9.17, 15) is 18.0 Å². The molecule has 20 heavy (non-hydrogen) atoms. The molecular weight excluding hydrogens is 293 g/mol. The maximum atomic E-state index is 12.6. The van der Waals surface area contributed by atoms with Gasteiger partial charge in [0.05, 0.1) is 22.8 Å². The van der Waals surface area contributed by atoms with E-state index in [1.165, 1.54) is 0 Å². The van der Waals surface area contributed by atoms with E-state index in [2.05, 4.69) is 10.6 Å². The van der Waals surface area contributed by atoms with Gasteiger partial charge in [0, 0.05) is 0 Å². The lowest BCUT2D eigenvalue weighted by molar-refractivity contribution is -0.137. The standard InChI is InChI=1S/C13H16ClF3N2O/c1-2-3-6-18-8-12(20)19-11-7-9(13(15,16)17)4-5-10(11)14/h4-5,7,18H,2-3,6,8H2,1H3,(H,19,20). The molecule has 0 heterocycles. The van der Waals surface area contributed by atoms with E-state index in [0.29, 0.717) is 6.54 Å². The summed E-state index contributed by atoms with van der Waals surface area (Å²) in [6.07, 6.45) is -2.55. The van der Waals surface area contributed by atoms with Gasteiger partial charge in [-0.2, -0.15) is 13.2 Å². The molecule has 1 aromatic rings. The molecule has 0 saturated carbocycles. The first-order valence-electron chi connectivity index (χ1n) is 6.22. The van der Waals surface area contributed by atoms with Crippen LogP contribution in [0.2, 0.25) is 5.02 Å². The van der Waals surface area contributed by atoms with Crippen molar-refractivity contribution in [1.82, 2.24) is 5.32 Å². The number of halogens is 4. The van der Waals surface area contributed by atoms with Crippen molar-refractivity contribution >= 4 is 23.2 Å². The number of carbonyl (C=O) groups is 1. The molecule has 0 saturated heterocycles. The number of benzene rings is 1. The molecule has 0 aromatic heterocycles. The molecule has 0 aliphatic carbocycles. The summed E-state index contributed by atoms with van der Waals surface area (Å²) < 4.78 is 37.7. The molecule has 1 amide bonds. The average molecular weight is 309 g/mol. The molecule has 0 aliphatic rings. The van der Waals surface area contributed by atoms with Crippen molar-refractivity contribution in [3.63, 3.8) is 0 Å². The highest BCUT2D eigenvalue weighted by Crippen LogP contribution is 2.33. The summed E-state index contributed by atoms with van der Waals surface area (Å²) in [5, 5.41) is 5.33.